The predicted molar refractivity (Wildman–Crippen MR) is 126 cm³/mol. The molecular formula is C25H33ClN2O3. The highest BCUT2D eigenvalue weighted by molar-refractivity contribution is 6.34. The number of unbranched alkanes of at least 4 members (excludes halogenated alkanes) is 4. The minimum Gasteiger partial charge on any atom is -0.380 e. The zero-order valence-electron chi connectivity index (χ0n) is 18.4. The first kappa shape index (κ1) is 24.9. The summed E-state index contributed by atoms with van der Waals surface area (Å²) in [6, 6.07) is 15.5. The van der Waals surface area contributed by atoms with Crippen molar-refractivity contribution >= 4 is 29.1 Å². The third-order valence-corrected chi connectivity index (χ3v) is 5.66. The SMILES string of the molecule is CCCCCC(O)(CCCCC)C(=O)NN(C(=O)c1ccccc1)c1ccccc1Cl. The Balaban J connectivity index is 2.33. The molecule has 0 fully saturated rings. The van der Waals surface area contributed by atoms with E-state index in [4.69, 9.17) is 11.6 Å². The van der Waals surface area contributed by atoms with Crippen LogP contribution in [0, 0.1) is 0 Å². The minimum atomic E-state index is -1.54. The van der Waals surface area contributed by atoms with Crippen LogP contribution in [-0.4, -0.2) is 22.5 Å². The van der Waals surface area contributed by atoms with Crippen LogP contribution in [0.2, 0.25) is 5.02 Å². The molecule has 5 nitrogen and oxygen atoms in total. The van der Waals surface area contributed by atoms with Crippen molar-refractivity contribution in [3.63, 3.8) is 0 Å². The molecule has 0 aliphatic carbocycles. The molecule has 0 radical (unpaired) electrons. The number of benzene rings is 2. The Morgan fingerprint density at radius 2 is 1.45 bits per heavy atom. The van der Waals surface area contributed by atoms with E-state index in [1.54, 1.807) is 48.5 Å². The second-order valence-electron chi connectivity index (χ2n) is 7.84. The highest BCUT2D eigenvalue weighted by Gasteiger charge is 2.37. The maximum atomic E-state index is 13.3. The van der Waals surface area contributed by atoms with Crippen LogP contribution in [0.4, 0.5) is 5.69 Å². The first-order chi connectivity index (χ1) is 14.9. The molecule has 0 atom stereocenters. The monoisotopic (exact) mass is 444 g/mol. The van der Waals surface area contributed by atoms with Crippen molar-refractivity contribution in [2.24, 2.45) is 0 Å². The lowest BCUT2D eigenvalue weighted by molar-refractivity contribution is -0.141. The van der Waals surface area contributed by atoms with E-state index in [0.29, 0.717) is 29.1 Å². The second kappa shape index (κ2) is 12.5. The molecule has 2 amide bonds. The van der Waals surface area contributed by atoms with Gasteiger partial charge in [0.1, 0.15) is 5.60 Å². The van der Waals surface area contributed by atoms with Gasteiger partial charge in [-0.3, -0.25) is 15.0 Å². The maximum Gasteiger partial charge on any atom is 0.277 e. The van der Waals surface area contributed by atoms with E-state index in [2.05, 4.69) is 19.3 Å². The summed E-state index contributed by atoms with van der Waals surface area (Å²) in [6.07, 6.45) is 6.03. The molecule has 0 aliphatic heterocycles. The van der Waals surface area contributed by atoms with Gasteiger partial charge in [0.15, 0.2) is 0 Å². The van der Waals surface area contributed by atoms with Crippen LogP contribution in [0.25, 0.3) is 0 Å². The predicted octanol–water partition coefficient (Wildman–Crippen LogP) is 5.91. The topological polar surface area (TPSA) is 69.6 Å². The third-order valence-electron chi connectivity index (χ3n) is 5.34. The Kier molecular flexibility index (Phi) is 10.0. The van der Waals surface area contributed by atoms with Crippen molar-refractivity contribution in [3.05, 3.63) is 65.2 Å². The molecule has 0 saturated carbocycles. The fraction of sp³-hybridized carbons (Fsp3) is 0.440. The summed E-state index contributed by atoms with van der Waals surface area (Å²) >= 11 is 6.35. The Labute approximate surface area is 190 Å². The lowest BCUT2D eigenvalue weighted by Gasteiger charge is -2.31. The highest BCUT2D eigenvalue weighted by Crippen LogP contribution is 2.28. The average Bonchev–Trinajstić information content (AvgIpc) is 2.78. The van der Waals surface area contributed by atoms with Crippen LogP contribution in [0.5, 0.6) is 0 Å². The van der Waals surface area contributed by atoms with Gasteiger partial charge in [0, 0.05) is 5.56 Å². The Hall–Kier alpha value is -2.37. The van der Waals surface area contributed by atoms with Gasteiger partial charge in [-0.2, -0.15) is 0 Å². The molecular weight excluding hydrogens is 412 g/mol. The molecule has 0 spiro atoms. The van der Waals surface area contributed by atoms with Gasteiger partial charge in [0.25, 0.3) is 11.8 Å². The molecule has 0 unspecified atom stereocenters. The number of anilines is 1. The van der Waals surface area contributed by atoms with E-state index < -0.39 is 17.4 Å². The van der Waals surface area contributed by atoms with Crippen molar-refractivity contribution in [2.75, 3.05) is 5.01 Å². The molecule has 31 heavy (non-hydrogen) atoms. The largest absolute Gasteiger partial charge is 0.380 e. The number of amides is 2. The number of aliphatic hydroxyl groups is 1. The smallest absolute Gasteiger partial charge is 0.277 e. The summed E-state index contributed by atoms with van der Waals surface area (Å²) in [7, 11) is 0. The lowest BCUT2D eigenvalue weighted by atomic mass is 9.89. The molecule has 2 aromatic carbocycles. The van der Waals surface area contributed by atoms with E-state index in [1.807, 2.05) is 6.07 Å². The second-order valence-corrected chi connectivity index (χ2v) is 8.25. The van der Waals surface area contributed by atoms with Gasteiger partial charge < -0.3 is 5.11 Å². The third kappa shape index (κ3) is 7.08. The summed E-state index contributed by atoms with van der Waals surface area (Å²) < 4.78 is 0. The number of hydrogen-bond acceptors (Lipinski definition) is 3. The Morgan fingerprint density at radius 1 is 0.903 bits per heavy atom. The molecule has 0 bridgehead atoms. The van der Waals surface area contributed by atoms with Crippen LogP contribution in [0.1, 0.15) is 75.6 Å². The Morgan fingerprint density at radius 3 is 2.00 bits per heavy atom. The number of hydrogen-bond donors (Lipinski definition) is 2. The molecule has 0 aliphatic rings. The van der Waals surface area contributed by atoms with E-state index in [0.717, 1.165) is 43.5 Å². The fourth-order valence-electron chi connectivity index (χ4n) is 3.46. The van der Waals surface area contributed by atoms with Crippen LogP contribution in [-0.2, 0) is 4.79 Å². The standard InChI is InChI=1S/C25H33ClN2O3/c1-3-5-12-18-25(31,19-13-6-4-2)24(30)27-28(22-17-11-10-16-21(22)26)23(29)20-14-8-7-9-15-20/h7-11,14-17,31H,3-6,12-13,18-19H2,1-2H3,(H,27,30). The van der Waals surface area contributed by atoms with E-state index in [1.165, 1.54) is 0 Å². The van der Waals surface area contributed by atoms with Gasteiger partial charge >= 0.3 is 0 Å². The van der Waals surface area contributed by atoms with Gasteiger partial charge in [-0.05, 0) is 37.1 Å². The number of rotatable bonds is 11. The van der Waals surface area contributed by atoms with Crippen molar-refractivity contribution in [1.82, 2.24) is 5.43 Å². The summed E-state index contributed by atoms with van der Waals surface area (Å²) in [5.74, 6) is -1.00. The Bertz CT molecular complexity index is 832. The van der Waals surface area contributed by atoms with E-state index >= 15 is 0 Å². The zero-order valence-corrected chi connectivity index (χ0v) is 19.2. The number of halogens is 1. The fourth-order valence-corrected chi connectivity index (χ4v) is 3.68. The number of carbonyl (C=O) groups is 2. The van der Waals surface area contributed by atoms with Gasteiger partial charge in [0.05, 0.1) is 10.7 Å². The molecule has 2 rings (SSSR count). The minimum absolute atomic E-state index is 0.326. The first-order valence-corrected chi connectivity index (χ1v) is 11.5. The summed E-state index contributed by atoms with van der Waals surface area (Å²) in [6.45, 7) is 4.15. The quantitative estimate of drug-likeness (QED) is 0.334. The van der Waals surface area contributed by atoms with Gasteiger partial charge in [0.2, 0.25) is 0 Å². The average molecular weight is 445 g/mol. The van der Waals surface area contributed by atoms with Crippen LogP contribution in [0.15, 0.2) is 54.6 Å². The van der Waals surface area contributed by atoms with Gasteiger partial charge in [-0.25, -0.2) is 5.01 Å². The molecule has 2 aromatic rings. The zero-order chi connectivity index (χ0) is 22.7. The highest BCUT2D eigenvalue weighted by atomic mass is 35.5. The molecule has 2 N–H and O–H groups in total. The van der Waals surface area contributed by atoms with Gasteiger partial charge in [-0.15, -0.1) is 0 Å². The molecule has 6 heteroatoms. The molecule has 0 heterocycles. The van der Waals surface area contributed by atoms with Crippen molar-refractivity contribution in [3.8, 4) is 0 Å². The summed E-state index contributed by atoms with van der Waals surface area (Å²) in [4.78, 5) is 26.5. The van der Waals surface area contributed by atoms with E-state index in [9.17, 15) is 14.7 Å². The van der Waals surface area contributed by atoms with Crippen molar-refractivity contribution in [2.45, 2.75) is 70.8 Å². The normalized spacial score (nSPS) is 11.2. The van der Waals surface area contributed by atoms with Crippen molar-refractivity contribution in [1.29, 1.82) is 0 Å². The number of nitrogens with zero attached hydrogens (tertiary/aromatic N) is 1. The van der Waals surface area contributed by atoms with E-state index in [-0.39, 0.29) is 0 Å². The lowest BCUT2D eigenvalue weighted by Crippen LogP contribution is -2.55. The summed E-state index contributed by atoms with van der Waals surface area (Å²) in [5, 5.41) is 12.7. The van der Waals surface area contributed by atoms with Crippen LogP contribution >= 0.6 is 11.6 Å². The summed E-state index contributed by atoms with van der Waals surface area (Å²) in [5.41, 5.74) is 1.90. The first-order valence-electron chi connectivity index (χ1n) is 11.1. The number of hydrazine groups is 1. The molecule has 168 valence electrons. The van der Waals surface area contributed by atoms with Crippen LogP contribution < -0.4 is 10.4 Å². The van der Waals surface area contributed by atoms with Crippen LogP contribution in [0.3, 0.4) is 0 Å². The van der Waals surface area contributed by atoms with Crippen molar-refractivity contribution < 1.29 is 14.7 Å². The molecule has 0 saturated heterocycles. The number of para-hydroxylation sites is 1. The number of nitrogens with one attached hydrogen (secondary N) is 1. The number of carbonyl (C=O) groups excluding carboxylic acids is 2. The van der Waals surface area contributed by atoms with Gasteiger partial charge in [-0.1, -0.05) is 94.3 Å². The maximum absolute atomic E-state index is 13.3. The molecule has 0 aromatic heterocycles.